The highest BCUT2D eigenvalue weighted by Gasteiger charge is 2.25. The van der Waals surface area contributed by atoms with Crippen LogP contribution in [0.3, 0.4) is 0 Å². The third-order valence-corrected chi connectivity index (χ3v) is 9.57. The van der Waals surface area contributed by atoms with Crippen LogP contribution in [0.4, 0.5) is 17.5 Å². The number of nitrogens with zero attached hydrogens (tertiary/aromatic N) is 4. The lowest BCUT2D eigenvalue weighted by atomic mass is 10.1. The maximum Gasteiger partial charge on any atom is 0.296 e. The Morgan fingerprint density at radius 2 is 1.65 bits per heavy atom. The van der Waals surface area contributed by atoms with Crippen LogP contribution in [0.2, 0.25) is 0 Å². The van der Waals surface area contributed by atoms with Crippen LogP contribution in [-0.4, -0.2) is 112 Å². The molecule has 0 aliphatic rings. The van der Waals surface area contributed by atoms with Gasteiger partial charge in [0, 0.05) is 31.0 Å². The molecule has 0 unspecified atom stereocenters. The maximum absolute atomic E-state index is 13.5. The van der Waals surface area contributed by atoms with E-state index in [0.29, 0.717) is 53.9 Å². The lowest BCUT2D eigenvalue weighted by molar-refractivity contribution is -0.128. The number of thioether (sulfide) groups is 1. The quantitative estimate of drug-likeness (QED) is 0.0448. The average Bonchev–Trinajstić information content (AvgIpc) is 3.49. The SMILES string of the molecule is [CH2][CH]CSC[C@H](N)C(=O)N[C@@H](CCC(=O)NCCCNCCCCNCCCN)C(=O)Nc1ccc(Cn2c(O)nc3c(N)nc(NCCCC)nc32)cc1. The van der Waals surface area contributed by atoms with Gasteiger partial charge < -0.3 is 54.2 Å². The van der Waals surface area contributed by atoms with Crippen LogP contribution < -0.4 is 49.1 Å². The summed E-state index contributed by atoms with van der Waals surface area (Å²) in [6.45, 7) is 11.5. The van der Waals surface area contributed by atoms with Crippen LogP contribution in [0.5, 0.6) is 6.01 Å². The zero-order chi connectivity index (χ0) is 39.8. The Kier molecular flexibility index (Phi) is 21.2. The number of rotatable bonds is 29. The van der Waals surface area contributed by atoms with Gasteiger partial charge in [-0.25, -0.2) is 0 Å². The van der Waals surface area contributed by atoms with E-state index >= 15 is 0 Å². The standard InChI is InChI=1S/C37H61N13O4S/c1-3-5-21-44-36-48-32(40)31-33(49-36)50(37(54)47-31)24-26-10-12-27(13-11-26)45-35(53)29(46-34(52)28(39)25-55-23-4-2)14-15-30(51)43-22-9-20-42-18-7-6-17-41-19-8-16-38/h4,10-13,28-29,41-42H,2-3,5-9,14-25,38-39H2,1H3,(H,43,51)(H,45,53)(H,46,52)(H,47,54)(H3,40,44,48,49)/t28-,29-/m0/s1. The molecule has 304 valence electrons. The Morgan fingerprint density at radius 3 is 2.35 bits per heavy atom. The summed E-state index contributed by atoms with van der Waals surface area (Å²) in [5.41, 5.74) is 19.7. The van der Waals surface area contributed by atoms with Crippen molar-refractivity contribution in [1.29, 1.82) is 0 Å². The molecule has 2 heterocycles. The lowest BCUT2D eigenvalue weighted by Crippen LogP contribution is -2.51. The van der Waals surface area contributed by atoms with E-state index in [1.807, 2.05) is 0 Å². The summed E-state index contributed by atoms with van der Waals surface area (Å²) < 4.78 is 1.53. The highest BCUT2D eigenvalue weighted by molar-refractivity contribution is 7.99. The number of anilines is 3. The van der Waals surface area contributed by atoms with Crippen LogP contribution in [0.1, 0.15) is 63.9 Å². The van der Waals surface area contributed by atoms with Gasteiger partial charge in [-0.1, -0.05) is 25.5 Å². The molecular weight excluding hydrogens is 723 g/mol. The van der Waals surface area contributed by atoms with Crippen molar-refractivity contribution in [2.45, 2.75) is 76.9 Å². The first kappa shape index (κ1) is 45.2. The molecule has 55 heavy (non-hydrogen) atoms. The molecule has 0 saturated carbocycles. The number of hydrogen-bond acceptors (Lipinski definition) is 14. The Labute approximate surface area is 328 Å². The van der Waals surface area contributed by atoms with E-state index < -0.39 is 23.9 Å². The largest absolute Gasteiger partial charge is 0.480 e. The van der Waals surface area contributed by atoms with Gasteiger partial charge in [0.25, 0.3) is 6.01 Å². The molecule has 17 nitrogen and oxygen atoms in total. The number of unbranched alkanes of at least 4 members (excludes halogenated alkanes) is 2. The van der Waals surface area contributed by atoms with Gasteiger partial charge >= 0.3 is 0 Å². The van der Waals surface area contributed by atoms with Crippen molar-refractivity contribution in [3.8, 4) is 6.01 Å². The van der Waals surface area contributed by atoms with Crippen molar-refractivity contribution in [3.63, 3.8) is 0 Å². The fraction of sp³-hybridized carbons (Fsp3) is 0.568. The maximum atomic E-state index is 13.5. The fourth-order valence-corrected chi connectivity index (χ4v) is 6.11. The summed E-state index contributed by atoms with van der Waals surface area (Å²) >= 11 is 1.46. The van der Waals surface area contributed by atoms with E-state index in [1.165, 1.54) is 16.3 Å². The molecule has 0 aliphatic carbocycles. The molecule has 0 aliphatic heterocycles. The molecule has 0 fully saturated rings. The molecule has 2 aromatic heterocycles. The second-order valence-electron chi connectivity index (χ2n) is 13.2. The summed E-state index contributed by atoms with van der Waals surface area (Å²) in [7, 11) is 0. The molecule has 0 spiro atoms. The topological polar surface area (TPSA) is 265 Å². The minimum Gasteiger partial charge on any atom is -0.480 e. The summed E-state index contributed by atoms with van der Waals surface area (Å²) in [6, 6.07) is 4.90. The number of amides is 3. The first-order chi connectivity index (χ1) is 26.7. The number of nitrogen functional groups attached to an aromatic ring is 1. The molecule has 3 rings (SSSR count). The zero-order valence-corrected chi connectivity index (χ0v) is 32.9. The molecule has 0 saturated heterocycles. The average molecular weight is 784 g/mol. The van der Waals surface area contributed by atoms with Crippen molar-refractivity contribution < 1.29 is 19.5 Å². The fourth-order valence-electron chi connectivity index (χ4n) is 5.40. The summed E-state index contributed by atoms with van der Waals surface area (Å²) in [5, 5.41) is 29.0. The smallest absolute Gasteiger partial charge is 0.296 e. The van der Waals surface area contributed by atoms with Gasteiger partial charge in [0.05, 0.1) is 12.6 Å². The minimum atomic E-state index is -1.00. The number of imidazole rings is 1. The van der Waals surface area contributed by atoms with Crippen LogP contribution >= 0.6 is 11.8 Å². The van der Waals surface area contributed by atoms with Crippen LogP contribution in [0, 0.1) is 13.3 Å². The van der Waals surface area contributed by atoms with Crippen molar-refractivity contribution >= 4 is 58.1 Å². The number of benzene rings is 1. The van der Waals surface area contributed by atoms with E-state index in [-0.39, 0.29) is 37.1 Å². The van der Waals surface area contributed by atoms with Gasteiger partial charge in [0.2, 0.25) is 23.7 Å². The normalized spacial score (nSPS) is 12.4. The first-order valence-corrected chi connectivity index (χ1v) is 20.3. The van der Waals surface area contributed by atoms with Gasteiger partial charge in [-0.05, 0) is 108 Å². The predicted octanol–water partition coefficient (Wildman–Crippen LogP) is 1.49. The van der Waals surface area contributed by atoms with Crippen LogP contribution in [0.15, 0.2) is 24.3 Å². The van der Waals surface area contributed by atoms with E-state index in [0.717, 1.165) is 70.3 Å². The Bertz CT molecular complexity index is 1590. The van der Waals surface area contributed by atoms with Crippen molar-refractivity contribution in [1.82, 2.24) is 40.8 Å². The van der Waals surface area contributed by atoms with E-state index in [9.17, 15) is 19.5 Å². The molecule has 2 atom stereocenters. The Morgan fingerprint density at radius 1 is 0.945 bits per heavy atom. The molecule has 18 heteroatoms. The molecule has 13 N–H and O–H groups in total. The molecular formula is C37H61N13O4S. The van der Waals surface area contributed by atoms with Gasteiger partial charge in [0.15, 0.2) is 17.0 Å². The number of hydrogen-bond donors (Lipinski definition) is 10. The predicted molar refractivity (Wildman–Crippen MR) is 221 cm³/mol. The molecule has 1 aromatic carbocycles. The van der Waals surface area contributed by atoms with E-state index in [1.54, 1.807) is 30.7 Å². The zero-order valence-electron chi connectivity index (χ0n) is 32.1. The van der Waals surface area contributed by atoms with Crippen LogP contribution in [-0.2, 0) is 20.9 Å². The van der Waals surface area contributed by atoms with Gasteiger partial charge in [-0.3, -0.25) is 19.0 Å². The Hall–Kier alpha value is -4.23. The van der Waals surface area contributed by atoms with Crippen molar-refractivity contribution in [2.75, 3.05) is 73.7 Å². The van der Waals surface area contributed by atoms with Crippen molar-refractivity contribution in [2.24, 2.45) is 11.5 Å². The van der Waals surface area contributed by atoms with Gasteiger partial charge in [-0.15, -0.1) is 0 Å². The summed E-state index contributed by atoms with van der Waals surface area (Å²) in [5.74, 6) is 0.328. The van der Waals surface area contributed by atoms with Crippen molar-refractivity contribution in [3.05, 3.63) is 43.2 Å². The molecule has 3 aromatic rings. The highest BCUT2D eigenvalue weighted by Crippen LogP contribution is 2.25. The number of aromatic nitrogens is 4. The number of carbonyl (C=O) groups excluding carboxylic acids is 3. The first-order valence-electron chi connectivity index (χ1n) is 19.2. The highest BCUT2D eigenvalue weighted by atomic mass is 32.2. The van der Waals surface area contributed by atoms with Gasteiger partial charge in [-0.2, -0.15) is 26.7 Å². The lowest BCUT2D eigenvalue weighted by Gasteiger charge is -2.21. The summed E-state index contributed by atoms with van der Waals surface area (Å²) in [6.07, 6.45) is 7.69. The third kappa shape index (κ3) is 16.6. The summed E-state index contributed by atoms with van der Waals surface area (Å²) in [4.78, 5) is 52.1. The third-order valence-electron chi connectivity index (χ3n) is 8.51. The van der Waals surface area contributed by atoms with E-state index in [2.05, 4.69) is 60.7 Å². The second kappa shape index (κ2) is 25.8. The number of aromatic hydroxyl groups is 1. The Balaban J connectivity index is 1.55. The monoisotopic (exact) mass is 783 g/mol. The van der Waals surface area contributed by atoms with E-state index in [4.69, 9.17) is 17.2 Å². The number of carbonyl (C=O) groups is 3. The molecule has 3 amide bonds. The van der Waals surface area contributed by atoms with Crippen LogP contribution in [0.25, 0.3) is 11.2 Å². The number of nitrogens with two attached hydrogens (primary N) is 3. The molecule has 0 bridgehead atoms. The number of nitrogens with one attached hydrogen (secondary N) is 6. The molecule has 2 radical (unpaired) electrons. The number of fused-ring (bicyclic) bond motifs is 1. The second-order valence-corrected chi connectivity index (χ2v) is 14.2. The van der Waals surface area contributed by atoms with Gasteiger partial charge in [0.1, 0.15) is 6.04 Å². The minimum absolute atomic E-state index is 0.0363.